The normalized spacial score (nSPS) is 27.0. The minimum absolute atomic E-state index is 0.0579. The summed E-state index contributed by atoms with van der Waals surface area (Å²) >= 11 is 0. The number of aromatic nitrogens is 2. The Balaban J connectivity index is 1.72. The van der Waals surface area contributed by atoms with Crippen molar-refractivity contribution in [1.29, 1.82) is 0 Å². The van der Waals surface area contributed by atoms with Gasteiger partial charge in [0, 0.05) is 17.2 Å². The molecule has 0 radical (unpaired) electrons. The number of nitrogens with one attached hydrogen (secondary N) is 1. The fourth-order valence-corrected chi connectivity index (χ4v) is 3.40. The molecule has 1 aromatic carbocycles. The Labute approximate surface area is 160 Å². The zero-order chi connectivity index (χ0) is 20.1. The van der Waals surface area contributed by atoms with Gasteiger partial charge in [-0.25, -0.2) is 4.79 Å². The molecule has 0 amide bonds. The predicted octanol–water partition coefficient (Wildman–Crippen LogP) is 1.47. The van der Waals surface area contributed by atoms with Gasteiger partial charge in [-0.15, -0.1) is 0 Å². The summed E-state index contributed by atoms with van der Waals surface area (Å²) in [7, 11) is -0.347. The second-order valence-corrected chi connectivity index (χ2v) is 6.87. The zero-order valence-corrected chi connectivity index (χ0v) is 15.8. The van der Waals surface area contributed by atoms with E-state index in [4.69, 9.17) is 19.3 Å². The van der Waals surface area contributed by atoms with E-state index in [1.807, 2.05) is 18.2 Å². The van der Waals surface area contributed by atoms with E-state index < -0.39 is 35.2 Å². The van der Waals surface area contributed by atoms with Gasteiger partial charge in [0.15, 0.2) is 6.23 Å². The monoisotopic (exact) mass is 407 g/mol. The number of para-hydroxylation sites is 1. The lowest BCUT2D eigenvalue weighted by Gasteiger charge is -2.27. The van der Waals surface area contributed by atoms with Gasteiger partial charge < -0.3 is 18.9 Å². The number of H-pyrrole nitrogens is 1. The van der Waals surface area contributed by atoms with E-state index in [9.17, 15) is 14.7 Å². The van der Waals surface area contributed by atoms with Crippen molar-refractivity contribution in [2.75, 3.05) is 6.61 Å². The second-order valence-electron chi connectivity index (χ2n) is 6.21. The quantitative estimate of drug-likeness (QED) is 0.233. The van der Waals surface area contributed by atoms with Crippen molar-refractivity contribution >= 4 is 9.03 Å². The highest BCUT2D eigenvalue weighted by molar-refractivity contribution is 7.26. The minimum atomic E-state index is -1.49. The first-order chi connectivity index (χ1) is 13.5. The van der Waals surface area contributed by atoms with E-state index in [2.05, 4.69) is 15.0 Å². The lowest BCUT2D eigenvalue weighted by atomic mass is 9.93. The Morgan fingerprint density at radius 1 is 1.39 bits per heavy atom. The molecule has 1 aromatic heterocycles. The fourth-order valence-electron chi connectivity index (χ4n) is 2.88. The fraction of sp³-hybridized carbons (Fsp3) is 0.375. The number of azide groups is 1. The van der Waals surface area contributed by atoms with Crippen LogP contribution in [0.5, 0.6) is 5.75 Å². The molecule has 1 unspecified atom stereocenters. The van der Waals surface area contributed by atoms with Crippen molar-refractivity contribution in [2.45, 2.75) is 30.9 Å². The third kappa shape index (κ3) is 4.09. The van der Waals surface area contributed by atoms with Crippen LogP contribution < -0.4 is 15.8 Å². The van der Waals surface area contributed by atoms with Crippen molar-refractivity contribution in [1.82, 2.24) is 9.55 Å². The molecule has 1 aliphatic heterocycles. The first kappa shape index (κ1) is 20.1. The molecule has 28 heavy (non-hydrogen) atoms. The number of nitrogens with zero attached hydrogens (tertiary/aromatic N) is 4. The average molecular weight is 407 g/mol. The summed E-state index contributed by atoms with van der Waals surface area (Å²) in [6, 6.07) is 10.2. The number of aliphatic hydroxyl groups excluding tert-OH is 1. The Hall–Kier alpha value is -2.68. The topological polar surface area (TPSA) is 152 Å². The summed E-state index contributed by atoms with van der Waals surface area (Å²) in [6.45, 7) is 1.40. The Morgan fingerprint density at radius 2 is 2.14 bits per heavy atom. The molecule has 2 aromatic rings. The number of hydrogen-bond acceptors (Lipinski definition) is 7. The number of aliphatic hydroxyl groups is 1. The van der Waals surface area contributed by atoms with E-state index in [-0.39, 0.29) is 15.6 Å². The highest BCUT2D eigenvalue weighted by Gasteiger charge is 2.54. The molecule has 0 saturated carbocycles. The molecule has 12 heteroatoms. The Morgan fingerprint density at radius 3 is 2.82 bits per heavy atom. The van der Waals surface area contributed by atoms with Crippen LogP contribution in [-0.2, 0) is 9.26 Å². The molecule has 1 saturated heterocycles. The molecule has 2 heterocycles. The first-order valence-corrected chi connectivity index (χ1v) is 9.07. The van der Waals surface area contributed by atoms with Crippen molar-refractivity contribution in [3.63, 3.8) is 0 Å². The van der Waals surface area contributed by atoms with Crippen molar-refractivity contribution in [3.05, 3.63) is 73.9 Å². The van der Waals surface area contributed by atoms with Gasteiger partial charge in [0.25, 0.3) is 5.56 Å². The van der Waals surface area contributed by atoms with Crippen LogP contribution in [0.4, 0.5) is 0 Å². The van der Waals surface area contributed by atoms with E-state index in [0.29, 0.717) is 5.75 Å². The van der Waals surface area contributed by atoms with Crippen molar-refractivity contribution in [3.8, 4) is 5.75 Å². The average Bonchev–Trinajstić information content (AvgIpc) is 2.91. The summed E-state index contributed by atoms with van der Waals surface area (Å²) in [5, 5.41) is 14.3. The maximum Gasteiger partial charge on any atom is 0.330 e. The van der Waals surface area contributed by atoms with Crippen LogP contribution in [0.3, 0.4) is 0 Å². The van der Waals surface area contributed by atoms with Crippen LogP contribution in [0.15, 0.2) is 57.3 Å². The van der Waals surface area contributed by atoms with Gasteiger partial charge in [0.05, 0.1) is 12.7 Å². The summed E-state index contributed by atoms with van der Waals surface area (Å²) in [4.78, 5) is 28.3. The second kappa shape index (κ2) is 8.55. The molecule has 1 aliphatic rings. The van der Waals surface area contributed by atoms with Gasteiger partial charge in [-0.2, -0.15) is 0 Å². The van der Waals surface area contributed by atoms with E-state index in [0.717, 1.165) is 10.6 Å². The van der Waals surface area contributed by atoms with Crippen LogP contribution in [0.2, 0.25) is 0 Å². The van der Waals surface area contributed by atoms with Gasteiger partial charge >= 0.3 is 5.69 Å². The van der Waals surface area contributed by atoms with Crippen LogP contribution in [-0.4, -0.2) is 39.0 Å². The number of aromatic amines is 1. The highest BCUT2D eigenvalue weighted by Crippen LogP contribution is 2.41. The molecular formula is C16H18N5O6P. The van der Waals surface area contributed by atoms with Crippen LogP contribution in [0.25, 0.3) is 10.4 Å². The summed E-state index contributed by atoms with van der Waals surface area (Å²) in [5.41, 5.74) is 6.09. The molecule has 0 aliphatic carbocycles. The SMILES string of the molecule is C[C@@]1(N=[N+]=[N-])[C@H](O)[C@@H](COPOc2ccccc2)O[C@H]1n1ccc(=O)[nH]c1=O. The summed E-state index contributed by atoms with van der Waals surface area (Å²) in [6.07, 6.45) is -2.05. The highest BCUT2D eigenvalue weighted by atomic mass is 31.1. The maximum atomic E-state index is 12.1. The maximum absolute atomic E-state index is 12.1. The van der Waals surface area contributed by atoms with Gasteiger partial charge in [-0.05, 0) is 24.6 Å². The van der Waals surface area contributed by atoms with Gasteiger partial charge in [-0.1, -0.05) is 23.3 Å². The summed E-state index contributed by atoms with van der Waals surface area (Å²) in [5.74, 6) is 0.630. The number of ether oxygens (including phenoxy) is 1. The van der Waals surface area contributed by atoms with E-state index in [1.54, 1.807) is 12.1 Å². The van der Waals surface area contributed by atoms with Crippen LogP contribution in [0.1, 0.15) is 13.2 Å². The number of benzene rings is 1. The molecule has 11 nitrogen and oxygen atoms in total. The molecule has 0 bridgehead atoms. The van der Waals surface area contributed by atoms with Crippen molar-refractivity contribution in [2.24, 2.45) is 5.11 Å². The smallest absolute Gasteiger partial charge is 0.330 e. The van der Waals surface area contributed by atoms with E-state index >= 15 is 0 Å². The minimum Gasteiger partial charge on any atom is -0.450 e. The third-order valence-corrected chi connectivity index (χ3v) is 4.93. The molecule has 1 fully saturated rings. The lowest BCUT2D eigenvalue weighted by molar-refractivity contribution is -0.0430. The molecular weight excluding hydrogens is 389 g/mol. The number of hydrogen-bond donors (Lipinski definition) is 2. The van der Waals surface area contributed by atoms with Gasteiger partial charge in [-0.3, -0.25) is 14.3 Å². The zero-order valence-electron chi connectivity index (χ0n) is 14.8. The number of rotatable bonds is 7. The standard InChI is InChI=1S/C16H18N5O6P/c1-16(19-20-17)13(23)11(9-25-28-27-10-5-3-2-4-6-10)26-14(16)21-8-7-12(22)18-15(21)24/h2-8,11,13-14,23,28H,9H2,1H3,(H,18,22,24)/t11-,13-,14-,16-/m1/s1. The lowest BCUT2D eigenvalue weighted by Crippen LogP contribution is -2.45. The molecule has 2 N–H and O–H groups in total. The Bertz CT molecular complexity index is 975. The van der Waals surface area contributed by atoms with Crippen molar-refractivity contribution < 1.29 is 18.9 Å². The molecule has 3 rings (SSSR count). The van der Waals surface area contributed by atoms with Crippen LogP contribution >= 0.6 is 9.03 Å². The van der Waals surface area contributed by atoms with Crippen LogP contribution in [0, 0.1) is 0 Å². The van der Waals surface area contributed by atoms with E-state index in [1.165, 1.54) is 13.1 Å². The summed E-state index contributed by atoms with van der Waals surface area (Å²) < 4.78 is 17.7. The predicted molar refractivity (Wildman–Crippen MR) is 100 cm³/mol. The largest absolute Gasteiger partial charge is 0.450 e. The molecule has 0 spiro atoms. The third-order valence-electron chi connectivity index (χ3n) is 4.33. The van der Waals surface area contributed by atoms with Gasteiger partial charge in [0.2, 0.25) is 9.03 Å². The molecule has 148 valence electrons. The Kier molecular flexibility index (Phi) is 6.13. The first-order valence-electron chi connectivity index (χ1n) is 8.25. The molecule has 5 atom stereocenters. The van der Waals surface area contributed by atoms with Gasteiger partial charge in [0.1, 0.15) is 17.4 Å².